The molecule has 0 bridgehead atoms. The Balaban J connectivity index is 2.58. The van der Waals surface area contributed by atoms with Crippen LogP contribution >= 0.6 is 0 Å². The SMILES string of the molecule is CC(C)C(C)(C)c1cc(S(=O)(=O)O)ccc1Nc1ccccc1. The minimum atomic E-state index is -4.23. The van der Waals surface area contributed by atoms with E-state index in [1.54, 1.807) is 12.1 Å². The molecule has 5 heteroatoms. The quantitative estimate of drug-likeness (QED) is 0.784. The third-order valence-corrected chi connectivity index (χ3v) is 5.33. The van der Waals surface area contributed by atoms with Gasteiger partial charge >= 0.3 is 0 Å². The Morgan fingerprint density at radius 2 is 1.65 bits per heavy atom. The summed E-state index contributed by atoms with van der Waals surface area (Å²) in [4.78, 5) is -0.0835. The summed E-state index contributed by atoms with van der Waals surface area (Å²) in [5.74, 6) is 0.287. The summed E-state index contributed by atoms with van der Waals surface area (Å²) < 4.78 is 32.3. The summed E-state index contributed by atoms with van der Waals surface area (Å²) in [6.45, 7) is 8.31. The molecule has 0 saturated heterocycles. The zero-order chi connectivity index (χ0) is 17.3. The first-order valence-electron chi connectivity index (χ1n) is 7.56. The van der Waals surface area contributed by atoms with Crippen molar-refractivity contribution < 1.29 is 13.0 Å². The smallest absolute Gasteiger partial charge is 0.294 e. The van der Waals surface area contributed by atoms with Gasteiger partial charge in [0, 0.05) is 11.4 Å². The number of benzene rings is 2. The zero-order valence-electron chi connectivity index (χ0n) is 13.9. The molecule has 0 radical (unpaired) electrons. The van der Waals surface area contributed by atoms with Crippen LogP contribution in [0.5, 0.6) is 0 Å². The van der Waals surface area contributed by atoms with Crippen molar-refractivity contribution in [3.63, 3.8) is 0 Å². The van der Waals surface area contributed by atoms with Crippen molar-refractivity contribution in [3.05, 3.63) is 54.1 Å². The van der Waals surface area contributed by atoms with Gasteiger partial charge in [-0.2, -0.15) is 8.42 Å². The fourth-order valence-corrected chi connectivity index (χ4v) is 2.82. The summed E-state index contributed by atoms with van der Waals surface area (Å²) in [6, 6.07) is 14.4. The highest BCUT2D eigenvalue weighted by molar-refractivity contribution is 7.85. The lowest BCUT2D eigenvalue weighted by atomic mass is 9.74. The van der Waals surface area contributed by atoms with Crippen molar-refractivity contribution >= 4 is 21.5 Å². The number of hydrogen-bond donors (Lipinski definition) is 2. The molecule has 0 atom stereocenters. The second kappa shape index (κ2) is 6.34. The maximum absolute atomic E-state index is 11.5. The van der Waals surface area contributed by atoms with E-state index in [1.807, 2.05) is 30.3 Å². The van der Waals surface area contributed by atoms with E-state index in [0.717, 1.165) is 16.9 Å². The predicted octanol–water partition coefficient (Wildman–Crippen LogP) is 4.61. The monoisotopic (exact) mass is 333 g/mol. The standard InChI is InChI=1S/C18H23NO3S/c1-13(2)18(3,4)16-12-15(23(20,21)22)10-11-17(16)19-14-8-6-5-7-9-14/h5-13,19H,1-4H3,(H,20,21,22). The molecule has 0 saturated carbocycles. The van der Waals surface area contributed by atoms with Crippen LogP contribution < -0.4 is 5.32 Å². The molecular formula is C18H23NO3S. The van der Waals surface area contributed by atoms with Gasteiger partial charge in [-0.05, 0) is 47.2 Å². The van der Waals surface area contributed by atoms with Crippen LogP contribution in [0.2, 0.25) is 0 Å². The largest absolute Gasteiger partial charge is 0.355 e. The van der Waals surface area contributed by atoms with Crippen molar-refractivity contribution in [2.45, 2.75) is 38.0 Å². The van der Waals surface area contributed by atoms with Crippen LogP contribution in [0.25, 0.3) is 0 Å². The molecule has 0 amide bonds. The molecule has 4 nitrogen and oxygen atoms in total. The molecule has 0 unspecified atom stereocenters. The summed E-state index contributed by atoms with van der Waals surface area (Å²) in [5, 5.41) is 3.34. The number of rotatable bonds is 5. The molecule has 0 fully saturated rings. The average Bonchev–Trinajstić information content (AvgIpc) is 2.47. The second-order valence-corrected chi connectivity index (χ2v) is 7.97. The molecule has 23 heavy (non-hydrogen) atoms. The maximum Gasteiger partial charge on any atom is 0.294 e. The van der Waals surface area contributed by atoms with Gasteiger partial charge in [-0.25, -0.2) is 0 Å². The first-order valence-corrected chi connectivity index (χ1v) is 9.00. The van der Waals surface area contributed by atoms with Crippen LogP contribution in [0.1, 0.15) is 33.3 Å². The third kappa shape index (κ3) is 3.92. The molecule has 124 valence electrons. The van der Waals surface area contributed by atoms with Crippen LogP contribution in [0.4, 0.5) is 11.4 Å². The van der Waals surface area contributed by atoms with Crippen molar-refractivity contribution in [1.29, 1.82) is 0 Å². The van der Waals surface area contributed by atoms with Gasteiger partial charge in [-0.15, -0.1) is 0 Å². The molecule has 2 aromatic rings. The van der Waals surface area contributed by atoms with E-state index in [1.165, 1.54) is 6.07 Å². The van der Waals surface area contributed by atoms with Gasteiger partial charge in [-0.1, -0.05) is 45.9 Å². The van der Waals surface area contributed by atoms with Gasteiger partial charge in [-0.3, -0.25) is 4.55 Å². The van der Waals surface area contributed by atoms with Gasteiger partial charge in [0.05, 0.1) is 4.90 Å². The van der Waals surface area contributed by atoms with E-state index in [-0.39, 0.29) is 16.2 Å². The fraction of sp³-hybridized carbons (Fsp3) is 0.333. The number of anilines is 2. The minimum absolute atomic E-state index is 0.0835. The Labute approximate surface area is 138 Å². The van der Waals surface area contributed by atoms with Gasteiger partial charge in [0.25, 0.3) is 10.1 Å². The van der Waals surface area contributed by atoms with Gasteiger partial charge in [0.2, 0.25) is 0 Å². The summed E-state index contributed by atoms with van der Waals surface area (Å²) in [5.41, 5.74) is 2.35. The van der Waals surface area contributed by atoms with E-state index in [9.17, 15) is 13.0 Å². The Hall–Kier alpha value is -1.85. The molecule has 0 aliphatic heterocycles. The van der Waals surface area contributed by atoms with Crippen LogP contribution in [0.3, 0.4) is 0 Å². The third-order valence-electron chi connectivity index (χ3n) is 4.48. The van der Waals surface area contributed by atoms with E-state index in [2.05, 4.69) is 33.0 Å². The van der Waals surface area contributed by atoms with Crippen LogP contribution in [-0.4, -0.2) is 13.0 Å². The molecule has 2 rings (SSSR count). The predicted molar refractivity (Wildman–Crippen MR) is 93.8 cm³/mol. The van der Waals surface area contributed by atoms with E-state index in [4.69, 9.17) is 0 Å². The molecule has 0 heterocycles. The van der Waals surface area contributed by atoms with Gasteiger partial charge in [0.15, 0.2) is 0 Å². The lowest BCUT2D eigenvalue weighted by Gasteiger charge is -2.32. The lowest BCUT2D eigenvalue weighted by molar-refractivity contribution is 0.372. The molecule has 0 aliphatic carbocycles. The fourth-order valence-electron chi connectivity index (χ4n) is 2.31. The normalized spacial score (nSPS) is 12.4. The number of hydrogen-bond acceptors (Lipinski definition) is 3. The Bertz CT molecular complexity index is 781. The highest BCUT2D eigenvalue weighted by Crippen LogP contribution is 2.38. The van der Waals surface area contributed by atoms with Gasteiger partial charge in [0.1, 0.15) is 0 Å². The average molecular weight is 333 g/mol. The summed E-state index contributed by atoms with van der Waals surface area (Å²) >= 11 is 0. The molecule has 2 aromatic carbocycles. The van der Waals surface area contributed by atoms with E-state index >= 15 is 0 Å². The van der Waals surface area contributed by atoms with Crippen molar-refractivity contribution in [2.75, 3.05) is 5.32 Å². The van der Waals surface area contributed by atoms with Crippen LogP contribution in [-0.2, 0) is 15.5 Å². The molecular weight excluding hydrogens is 310 g/mol. The second-order valence-electron chi connectivity index (χ2n) is 6.55. The highest BCUT2D eigenvalue weighted by atomic mass is 32.2. The van der Waals surface area contributed by atoms with Crippen molar-refractivity contribution in [3.8, 4) is 0 Å². The topological polar surface area (TPSA) is 66.4 Å². The lowest BCUT2D eigenvalue weighted by Crippen LogP contribution is -2.26. The van der Waals surface area contributed by atoms with Crippen molar-refractivity contribution in [1.82, 2.24) is 0 Å². The zero-order valence-corrected chi connectivity index (χ0v) is 14.7. The Morgan fingerprint density at radius 1 is 1.04 bits per heavy atom. The number of nitrogens with one attached hydrogen (secondary N) is 1. The maximum atomic E-state index is 11.5. The van der Waals surface area contributed by atoms with E-state index in [0.29, 0.717) is 0 Å². The van der Waals surface area contributed by atoms with Crippen LogP contribution in [0, 0.1) is 5.92 Å². The molecule has 0 spiro atoms. The van der Waals surface area contributed by atoms with E-state index < -0.39 is 10.1 Å². The summed E-state index contributed by atoms with van der Waals surface area (Å²) in [6.07, 6.45) is 0. The highest BCUT2D eigenvalue weighted by Gasteiger charge is 2.29. The van der Waals surface area contributed by atoms with Crippen LogP contribution in [0.15, 0.2) is 53.4 Å². The first-order chi connectivity index (χ1) is 10.6. The number of para-hydroxylation sites is 1. The minimum Gasteiger partial charge on any atom is -0.355 e. The van der Waals surface area contributed by atoms with Crippen molar-refractivity contribution in [2.24, 2.45) is 5.92 Å². The van der Waals surface area contributed by atoms with Gasteiger partial charge < -0.3 is 5.32 Å². The Morgan fingerprint density at radius 3 is 2.17 bits per heavy atom. The molecule has 0 aliphatic rings. The Kier molecular flexibility index (Phi) is 4.82. The molecule has 2 N–H and O–H groups in total. The first kappa shape index (κ1) is 17.5. The molecule has 0 aromatic heterocycles. The summed E-state index contributed by atoms with van der Waals surface area (Å²) in [7, 11) is -4.23.